The molecule has 0 spiro atoms. The Labute approximate surface area is 248 Å². The highest BCUT2D eigenvalue weighted by Crippen LogP contribution is 2.45. The molecule has 2 N–H and O–H groups in total. The standard InChI is InChI=1S/C30H34N4O8S/c1-5-18-15-30(18,27(36)33-43(38,39)20-7-8-20)32-25(35)23-14-19(16-34(23)28(37)42-29(2,3)4)41-26-22-9-6-17-11-13-40-24(17)21(22)10-12-31-26/h5-6,9-13,18-20,23H,1,7-8,14-16H2,2-4H3,(H,32,35)(H,33,36)/t18-,19?,23+,30-/m1/s1. The summed E-state index contributed by atoms with van der Waals surface area (Å²) in [5.74, 6) is -1.58. The minimum absolute atomic E-state index is 0.0220. The lowest BCUT2D eigenvalue weighted by Gasteiger charge is -2.29. The summed E-state index contributed by atoms with van der Waals surface area (Å²) >= 11 is 0. The quantitative estimate of drug-likeness (QED) is 0.365. The number of fused-ring (bicyclic) bond motifs is 3. The molecule has 0 bridgehead atoms. The lowest BCUT2D eigenvalue weighted by Crippen LogP contribution is -2.56. The Kier molecular flexibility index (Phi) is 6.90. The van der Waals surface area contributed by atoms with Crippen molar-refractivity contribution in [2.24, 2.45) is 5.92 Å². The van der Waals surface area contributed by atoms with Crippen molar-refractivity contribution in [1.82, 2.24) is 19.9 Å². The second-order valence-corrected chi connectivity index (χ2v) is 14.4. The average molecular weight is 611 g/mol. The number of furan rings is 1. The van der Waals surface area contributed by atoms with Crippen molar-refractivity contribution < 1.29 is 36.7 Å². The summed E-state index contributed by atoms with van der Waals surface area (Å²) in [5, 5.41) is 4.59. The zero-order chi connectivity index (χ0) is 30.7. The van der Waals surface area contributed by atoms with E-state index in [-0.39, 0.29) is 19.4 Å². The molecule has 1 aliphatic heterocycles. The minimum atomic E-state index is -3.84. The van der Waals surface area contributed by atoms with E-state index in [1.165, 1.54) is 11.0 Å². The van der Waals surface area contributed by atoms with Gasteiger partial charge >= 0.3 is 6.09 Å². The molecule has 2 aromatic heterocycles. The lowest BCUT2D eigenvalue weighted by molar-refractivity contribution is -0.131. The van der Waals surface area contributed by atoms with Gasteiger partial charge in [0.2, 0.25) is 21.8 Å². The molecule has 43 heavy (non-hydrogen) atoms. The monoisotopic (exact) mass is 610 g/mol. The van der Waals surface area contributed by atoms with E-state index in [4.69, 9.17) is 13.9 Å². The predicted molar refractivity (Wildman–Crippen MR) is 157 cm³/mol. The fraction of sp³-hybridized carbons (Fsp3) is 0.467. The Morgan fingerprint density at radius 1 is 1.16 bits per heavy atom. The molecule has 2 saturated carbocycles. The molecule has 4 atom stereocenters. The third-order valence-corrected chi connectivity index (χ3v) is 9.86. The fourth-order valence-electron chi connectivity index (χ4n) is 5.58. The Morgan fingerprint density at radius 2 is 1.93 bits per heavy atom. The van der Waals surface area contributed by atoms with E-state index in [2.05, 4.69) is 21.6 Å². The number of nitrogens with zero attached hydrogens (tertiary/aromatic N) is 2. The van der Waals surface area contributed by atoms with E-state index >= 15 is 0 Å². The van der Waals surface area contributed by atoms with Gasteiger partial charge in [0.15, 0.2) is 0 Å². The van der Waals surface area contributed by atoms with Crippen molar-refractivity contribution in [2.75, 3.05) is 6.54 Å². The number of pyridine rings is 1. The van der Waals surface area contributed by atoms with Crippen LogP contribution < -0.4 is 14.8 Å². The highest BCUT2D eigenvalue weighted by atomic mass is 32.2. The number of aromatic nitrogens is 1. The van der Waals surface area contributed by atoms with Crippen molar-refractivity contribution in [3.05, 3.63) is 49.4 Å². The summed E-state index contributed by atoms with van der Waals surface area (Å²) in [6, 6.07) is 6.40. The maximum absolute atomic E-state index is 13.8. The average Bonchev–Trinajstić information content (AvgIpc) is 3.81. The van der Waals surface area contributed by atoms with Gasteiger partial charge in [0.1, 0.15) is 28.9 Å². The molecule has 1 unspecified atom stereocenters. The van der Waals surface area contributed by atoms with Crippen LogP contribution in [0, 0.1) is 5.92 Å². The normalized spacial score (nSPS) is 25.4. The van der Waals surface area contributed by atoms with Gasteiger partial charge in [0.05, 0.1) is 18.1 Å². The number of amides is 3. The van der Waals surface area contributed by atoms with Crippen LogP contribution in [0.2, 0.25) is 0 Å². The van der Waals surface area contributed by atoms with E-state index in [9.17, 15) is 22.8 Å². The smallest absolute Gasteiger partial charge is 0.411 e. The van der Waals surface area contributed by atoms with Gasteiger partial charge in [-0.25, -0.2) is 18.2 Å². The number of hydrogen-bond donors (Lipinski definition) is 2. The molecule has 0 radical (unpaired) electrons. The first-order valence-corrected chi connectivity index (χ1v) is 15.8. The molecule has 13 heteroatoms. The van der Waals surface area contributed by atoms with Crippen molar-refractivity contribution >= 4 is 49.7 Å². The Balaban J connectivity index is 1.25. The number of carbonyl (C=O) groups is 3. The van der Waals surface area contributed by atoms with Crippen molar-refractivity contribution in [1.29, 1.82) is 0 Å². The van der Waals surface area contributed by atoms with E-state index in [0.29, 0.717) is 29.7 Å². The second-order valence-electron chi connectivity index (χ2n) is 12.4. The number of benzene rings is 1. The number of sulfonamides is 1. The molecule has 6 rings (SSSR count). The van der Waals surface area contributed by atoms with Crippen LogP contribution in [0.5, 0.6) is 5.88 Å². The largest absolute Gasteiger partial charge is 0.472 e. The zero-order valence-corrected chi connectivity index (χ0v) is 25.0. The topological polar surface area (TPSA) is 157 Å². The maximum Gasteiger partial charge on any atom is 0.411 e. The van der Waals surface area contributed by atoms with Gasteiger partial charge in [-0.3, -0.25) is 19.2 Å². The first kappa shape index (κ1) is 29.0. The van der Waals surface area contributed by atoms with Gasteiger partial charge in [-0.1, -0.05) is 12.1 Å². The summed E-state index contributed by atoms with van der Waals surface area (Å²) in [4.78, 5) is 45.9. The summed E-state index contributed by atoms with van der Waals surface area (Å²) < 4.78 is 44.6. The Hall–Kier alpha value is -4.13. The molecule has 3 amide bonds. The van der Waals surface area contributed by atoms with Gasteiger partial charge in [-0.2, -0.15) is 0 Å². The maximum atomic E-state index is 13.8. The molecular formula is C30H34N4O8S. The van der Waals surface area contributed by atoms with Gasteiger partial charge in [-0.05, 0) is 58.2 Å². The molecule has 3 heterocycles. The van der Waals surface area contributed by atoms with Crippen LogP contribution in [-0.2, 0) is 24.3 Å². The Morgan fingerprint density at radius 3 is 2.60 bits per heavy atom. The molecule has 12 nitrogen and oxygen atoms in total. The van der Waals surface area contributed by atoms with Gasteiger partial charge < -0.3 is 19.2 Å². The lowest BCUT2D eigenvalue weighted by atomic mass is 10.1. The molecular weight excluding hydrogens is 576 g/mol. The van der Waals surface area contributed by atoms with E-state index < -0.39 is 62.4 Å². The van der Waals surface area contributed by atoms with Crippen LogP contribution in [0.25, 0.3) is 21.7 Å². The van der Waals surface area contributed by atoms with Crippen molar-refractivity contribution in [2.45, 2.75) is 75.0 Å². The van der Waals surface area contributed by atoms with Crippen LogP contribution in [0.1, 0.15) is 46.5 Å². The molecule has 1 saturated heterocycles. The number of rotatable bonds is 8. The molecule has 228 valence electrons. The number of carbonyl (C=O) groups excluding carboxylic acids is 3. The van der Waals surface area contributed by atoms with Gasteiger partial charge in [0.25, 0.3) is 5.91 Å². The molecule has 3 fully saturated rings. The van der Waals surface area contributed by atoms with Crippen molar-refractivity contribution in [3.8, 4) is 5.88 Å². The number of nitrogens with one attached hydrogen (secondary N) is 2. The molecule has 1 aromatic carbocycles. The summed E-state index contributed by atoms with van der Waals surface area (Å²) in [7, 11) is -3.84. The zero-order valence-electron chi connectivity index (χ0n) is 24.2. The number of likely N-dealkylation sites (tertiary alicyclic amines) is 1. The van der Waals surface area contributed by atoms with Gasteiger partial charge in [0, 0.05) is 34.7 Å². The first-order chi connectivity index (χ1) is 20.3. The summed E-state index contributed by atoms with van der Waals surface area (Å²) in [6.45, 7) is 8.92. The fourth-order valence-corrected chi connectivity index (χ4v) is 6.94. The Bertz CT molecular complexity index is 1740. The van der Waals surface area contributed by atoms with Crippen molar-refractivity contribution in [3.63, 3.8) is 0 Å². The van der Waals surface area contributed by atoms with Crippen LogP contribution in [0.4, 0.5) is 4.79 Å². The minimum Gasteiger partial charge on any atom is -0.472 e. The highest BCUT2D eigenvalue weighted by Gasteiger charge is 2.62. The SMILES string of the molecule is C=C[C@@H]1C[C@]1(NC(=O)[C@@H]1CC(Oc2nccc3c2ccc2ccoc23)CN1C(=O)OC(C)(C)C)C(=O)NS(=O)(=O)C1CC1. The van der Waals surface area contributed by atoms with Gasteiger partial charge in [-0.15, -0.1) is 6.58 Å². The van der Waals surface area contributed by atoms with Crippen LogP contribution >= 0.6 is 0 Å². The molecule has 2 aliphatic carbocycles. The third-order valence-electron chi connectivity index (χ3n) is 8.04. The second kappa shape index (κ2) is 10.2. The van der Waals surface area contributed by atoms with Crippen LogP contribution in [0.15, 0.2) is 53.8 Å². The van der Waals surface area contributed by atoms with E-state index in [1.807, 2.05) is 24.3 Å². The molecule has 3 aromatic rings. The highest BCUT2D eigenvalue weighted by molar-refractivity contribution is 7.91. The van der Waals surface area contributed by atoms with E-state index in [0.717, 1.165) is 10.8 Å². The first-order valence-electron chi connectivity index (χ1n) is 14.2. The predicted octanol–water partition coefficient (Wildman–Crippen LogP) is 3.41. The van der Waals surface area contributed by atoms with E-state index in [1.54, 1.807) is 33.2 Å². The number of hydrogen-bond acceptors (Lipinski definition) is 9. The molecule has 3 aliphatic rings. The number of ether oxygens (including phenoxy) is 2. The third kappa shape index (κ3) is 5.53. The summed E-state index contributed by atoms with van der Waals surface area (Å²) in [6.07, 6.45) is 4.62. The van der Waals surface area contributed by atoms with Crippen LogP contribution in [-0.4, -0.2) is 71.3 Å². The summed E-state index contributed by atoms with van der Waals surface area (Å²) in [5.41, 5.74) is -1.62. The van der Waals surface area contributed by atoms with Crippen LogP contribution in [0.3, 0.4) is 0 Å².